The fraction of sp³-hybridized carbons (Fsp3) is 0.383. The van der Waals surface area contributed by atoms with Gasteiger partial charge in [-0.2, -0.15) is 0 Å². The van der Waals surface area contributed by atoms with Gasteiger partial charge in [-0.05, 0) is 0 Å². The summed E-state index contributed by atoms with van der Waals surface area (Å²) in [5.41, 5.74) is 14.2. The molecule has 4 aromatic carbocycles. The maximum atomic E-state index is 5.80. The fourth-order valence-corrected chi connectivity index (χ4v) is 32.5. The van der Waals surface area contributed by atoms with E-state index in [0.29, 0.717) is 19.1 Å². The van der Waals surface area contributed by atoms with Gasteiger partial charge in [-0.3, -0.25) is 0 Å². The molecule has 2 aliphatic carbocycles. The van der Waals surface area contributed by atoms with Crippen LogP contribution < -0.4 is 0 Å². The zero-order valence-electron chi connectivity index (χ0n) is 31.3. The Balaban J connectivity index is 1.81. The molecule has 0 fully saturated rings. The Labute approximate surface area is 293 Å². The summed E-state index contributed by atoms with van der Waals surface area (Å²) in [6, 6.07) is 32.8. The van der Waals surface area contributed by atoms with Gasteiger partial charge in [0.15, 0.2) is 0 Å². The molecule has 0 unspecified atom stereocenters. The van der Waals surface area contributed by atoms with E-state index in [1.54, 1.807) is 0 Å². The van der Waals surface area contributed by atoms with Crippen molar-refractivity contribution in [3.05, 3.63) is 131 Å². The number of allylic oxidation sites excluding steroid dienone is 4. The minimum atomic E-state index is -4.19. The van der Waals surface area contributed by atoms with Gasteiger partial charge in [-0.25, -0.2) is 0 Å². The number of hydrogen-bond donors (Lipinski definition) is 0. The molecule has 2 aliphatic rings. The fourth-order valence-electron chi connectivity index (χ4n) is 9.97. The Bertz CT molecular complexity index is 1800. The van der Waals surface area contributed by atoms with Crippen LogP contribution in [0.25, 0.3) is 33.4 Å². The first kappa shape index (κ1) is 35.0. The molecule has 0 saturated heterocycles. The molecule has 0 atom stereocenters. The second kappa shape index (κ2) is 12.5. The van der Waals surface area contributed by atoms with Gasteiger partial charge in [0.05, 0.1) is 0 Å². The van der Waals surface area contributed by atoms with Crippen LogP contribution in [0.2, 0.25) is 11.9 Å². The molecule has 0 radical (unpaired) electrons. The zero-order valence-corrected chi connectivity index (χ0v) is 33.8. The van der Waals surface area contributed by atoms with E-state index in [1.807, 2.05) is 0 Å². The Morgan fingerprint density at radius 2 is 0.938 bits per heavy atom. The topological polar surface area (TPSA) is 0 Å². The van der Waals surface area contributed by atoms with E-state index in [0.717, 1.165) is 0 Å². The monoisotopic (exact) mass is 712 g/mol. The normalized spacial score (nSPS) is 15.5. The Morgan fingerprint density at radius 1 is 0.562 bits per heavy atom. The summed E-state index contributed by atoms with van der Waals surface area (Å²) in [5.74, 6) is 1.15. The summed E-state index contributed by atoms with van der Waals surface area (Å²) in [7, 11) is 0. The van der Waals surface area contributed by atoms with Crippen LogP contribution in [0.3, 0.4) is 0 Å². The zero-order chi connectivity index (χ0) is 34.7. The van der Waals surface area contributed by atoms with Crippen LogP contribution in [-0.4, -0.2) is 4.21 Å². The molecule has 0 N–H and O–H groups in total. The van der Waals surface area contributed by atoms with Gasteiger partial charge in [0.1, 0.15) is 0 Å². The molecule has 0 heterocycles. The predicted octanol–water partition coefficient (Wildman–Crippen LogP) is 13.9. The van der Waals surface area contributed by atoms with Crippen molar-refractivity contribution in [3.63, 3.8) is 0 Å². The van der Waals surface area contributed by atoms with E-state index >= 15 is 0 Å². The average Bonchev–Trinajstić information content (AvgIpc) is 3.67. The first-order valence-electron chi connectivity index (χ1n) is 18.4. The molecule has 250 valence electrons. The van der Waals surface area contributed by atoms with Crippen molar-refractivity contribution in [1.29, 1.82) is 0 Å². The quantitative estimate of drug-likeness (QED) is 0.171. The average molecular weight is 714 g/mol. The van der Waals surface area contributed by atoms with Crippen molar-refractivity contribution in [3.8, 4) is 33.4 Å². The molecule has 1 heteroatoms. The van der Waals surface area contributed by atoms with Crippen LogP contribution in [0, 0.1) is 11.8 Å². The Hall–Kier alpha value is -2.89. The second-order valence-corrected chi connectivity index (χ2v) is 33.9. The van der Waals surface area contributed by atoms with Crippen LogP contribution >= 0.6 is 0 Å². The van der Waals surface area contributed by atoms with E-state index in [9.17, 15) is 0 Å². The van der Waals surface area contributed by atoms with E-state index in [4.69, 9.17) is 4.21 Å². The van der Waals surface area contributed by atoms with Crippen molar-refractivity contribution in [1.82, 2.24) is 0 Å². The molecule has 4 aromatic rings. The van der Waals surface area contributed by atoms with Gasteiger partial charge in [-0.15, -0.1) is 0 Å². The molecule has 0 aromatic heterocycles. The first-order valence-corrected chi connectivity index (χ1v) is 26.4. The van der Waals surface area contributed by atoms with Crippen LogP contribution in [0.1, 0.15) is 95.1 Å². The van der Waals surface area contributed by atoms with Crippen LogP contribution in [0.4, 0.5) is 0 Å². The SMILES string of the molecule is [CH2]=[Zr]([CH2]C(C)C)([CH2]C(C)C)([CH]1C=CC=C1)[CH]1c2cc(-c3ccccc3)c(C(C)(C)C)cc2-c2cc(C(C)(C)C)c(-c3ccccc3)cc21. The summed E-state index contributed by atoms with van der Waals surface area (Å²) in [6.45, 7) is 24.1. The standard InChI is InChI=1S/C33H33.C5H5.2C4H9.CH2.Zr/c1-32(2,3)30-20-26-24(18-28(30)22-13-9-7-10-14-22)17-25-19-29(23-15-11-8-12-16-23)31(21-27(25)26)33(4,5)6;1-2-4-5-3-1;2*1-4(2)3;;/h7-21H,1-6H3;1-5H;2*4H,1H2,2-3H3;1H2;. The van der Waals surface area contributed by atoms with Crippen molar-refractivity contribution >= 4 is 4.21 Å². The molecule has 0 bridgehead atoms. The first-order chi connectivity index (χ1) is 22.5. The van der Waals surface area contributed by atoms with E-state index in [2.05, 4.69) is 178 Å². The third-order valence-electron chi connectivity index (χ3n) is 11.4. The van der Waals surface area contributed by atoms with Gasteiger partial charge >= 0.3 is 295 Å². The number of hydrogen-bond acceptors (Lipinski definition) is 0. The summed E-state index contributed by atoms with van der Waals surface area (Å²) < 4.78 is 9.04. The summed E-state index contributed by atoms with van der Waals surface area (Å²) in [5, 5.41) is 0. The Kier molecular flexibility index (Phi) is 9.08. The van der Waals surface area contributed by atoms with Crippen molar-refractivity contribution in [2.24, 2.45) is 11.8 Å². The van der Waals surface area contributed by atoms with Crippen molar-refractivity contribution in [2.45, 2.75) is 95.6 Å². The third kappa shape index (κ3) is 6.08. The van der Waals surface area contributed by atoms with Gasteiger partial charge in [0.2, 0.25) is 0 Å². The molecule has 0 amide bonds. The molecule has 0 spiro atoms. The third-order valence-corrected chi connectivity index (χ3v) is 31.3. The molecular weight excluding hydrogens is 656 g/mol. The molecule has 6 rings (SSSR count). The predicted molar refractivity (Wildman–Crippen MR) is 210 cm³/mol. The van der Waals surface area contributed by atoms with Crippen LogP contribution in [-0.2, 0) is 29.1 Å². The summed E-state index contributed by atoms with van der Waals surface area (Å²) in [6.07, 6.45) is 9.72. The van der Waals surface area contributed by atoms with Gasteiger partial charge in [0, 0.05) is 0 Å². The number of benzene rings is 4. The molecule has 48 heavy (non-hydrogen) atoms. The number of fused-ring (bicyclic) bond motifs is 3. The number of rotatable bonds is 8. The molecule has 0 saturated carbocycles. The molecule has 0 nitrogen and oxygen atoms in total. The van der Waals surface area contributed by atoms with Gasteiger partial charge in [0.25, 0.3) is 0 Å². The summed E-state index contributed by atoms with van der Waals surface area (Å²) in [4.78, 5) is 0. The Morgan fingerprint density at radius 3 is 1.27 bits per heavy atom. The minimum absolute atomic E-state index is 0.00935. The van der Waals surface area contributed by atoms with Crippen molar-refractivity contribution in [2.75, 3.05) is 0 Å². The van der Waals surface area contributed by atoms with Crippen LogP contribution in [0.15, 0.2) is 109 Å². The van der Waals surface area contributed by atoms with Crippen molar-refractivity contribution < 1.29 is 18.3 Å². The van der Waals surface area contributed by atoms with Gasteiger partial charge < -0.3 is 0 Å². The molecular formula is C47H58Zr. The maximum absolute atomic E-state index is 5.80. The second-order valence-electron chi connectivity index (χ2n) is 18.3. The van der Waals surface area contributed by atoms with E-state index < -0.39 is 18.3 Å². The van der Waals surface area contributed by atoms with E-state index in [1.165, 1.54) is 63.9 Å². The van der Waals surface area contributed by atoms with Crippen LogP contribution in [0.5, 0.6) is 0 Å². The summed E-state index contributed by atoms with van der Waals surface area (Å²) >= 11 is -4.19. The molecule has 0 aliphatic heterocycles. The van der Waals surface area contributed by atoms with Gasteiger partial charge in [-0.1, -0.05) is 0 Å². The van der Waals surface area contributed by atoms with E-state index in [-0.39, 0.29) is 10.8 Å².